The summed E-state index contributed by atoms with van der Waals surface area (Å²) in [6.07, 6.45) is 3.74. The van der Waals surface area contributed by atoms with E-state index in [-0.39, 0.29) is 12.7 Å². The zero-order valence-electron chi connectivity index (χ0n) is 17.0. The van der Waals surface area contributed by atoms with Gasteiger partial charge in [0.2, 0.25) is 6.79 Å². The first-order valence-corrected chi connectivity index (χ1v) is 10.0. The lowest BCUT2D eigenvalue weighted by Crippen LogP contribution is -2.17. The van der Waals surface area contributed by atoms with Crippen molar-refractivity contribution in [3.05, 3.63) is 95.2 Å². The number of benzene rings is 3. The van der Waals surface area contributed by atoms with E-state index in [1.165, 1.54) is 11.1 Å². The lowest BCUT2D eigenvalue weighted by atomic mass is 10.1. The average molecular weight is 411 g/mol. The Morgan fingerprint density at radius 3 is 2.74 bits per heavy atom. The average Bonchev–Trinajstić information content (AvgIpc) is 3.40. The first kappa shape index (κ1) is 18.9. The van der Waals surface area contributed by atoms with Crippen LogP contribution in [0.2, 0.25) is 0 Å². The molecule has 1 N–H and O–H groups in total. The molecule has 0 atom stereocenters. The maximum absolute atomic E-state index is 12.4. The fraction of sp³-hybridized carbons (Fsp3) is 0.120. The molecular formula is C25H21N3O3. The highest BCUT2D eigenvalue weighted by Crippen LogP contribution is 2.32. The number of ether oxygens (including phenoxy) is 2. The molecule has 6 nitrogen and oxygen atoms in total. The minimum atomic E-state index is -0.307. The highest BCUT2D eigenvalue weighted by molar-refractivity contribution is 6.00. The minimum absolute atomic E-state index is 0.172. The van der Waals surface area contributed by atoms with Gasteiger partial charge in [-0.05, 0) is 36.8 Å². The number of hydrazone groups is 1. The minimum Gasteiger partial charge on any atom is -0.454 e. The number of aryl methyl sites for hydroxylation is 1. The summed E-state index contributed by atoms with van der Waals surface area (Å²) in [5.74, 6) is 0.898. The number of carbonyl (C=O) groups is 1. The lowest BCUT2D eigenvalue weighted by Gasteiger charge is -2.06. The number of nitrogens with one attached hydrogen (secondary N) is 1. The van der Waals surface area contributed by atoms with Crippen molar-refractivity contribution in [2.24, 2.45) is 5.10 Å². The van der Waals surface area contributed by atoms with E-state index in [9.17, 15) is 4.79 Å². The Labute approximate surface area is 179 Å². The van der Waals surface area contributed by atoms with E-state index in [1.807, 2.05) is 12.1 Å². The van der Waals surface area contributed by atoms with Crippen LogP contribution in [0, 0.1) is 6.92 Å². The molecule has 6 heteroatoms. The van der Waals surface area contributed by atoms with Gasteiger partial charge in [0, 0.05) is 34.8 Å². The topological polar surface area (TPSA) is 64.9 Å². The third kappa shape index (κ3) is 3.88. The molecule has 0 bridgehead atoms. The Hall–Kier alpha value is -4.06. The Bertz CT molecular complexity index is 1290. The summed E-state index contributed by atoms with van der Waals surface area (Å²) in [5, 5.41) is 5.26. The number of nitrogens with zero attached hydrogens (tertiary/aromatic N) is 2. The first-order chi connectivity index (χ1) is 15.2. The summed E-state index contributed by atoms with van der Waals surface area (Å²) < 4.78 is 12.8. The van der Waals surface area contributed by atoms with Gasteiger partial charge in [-0.25, -0.2) is 5.43 Å². The third-order valence-electron chi connectivity index (χ3n) is 5.30. The van der Waals surface area contributed by atoms with Gasteiger partial charge in [0.1, 0.15) is 0 Å². The van der Waals surface area contributed by atoms with E-state index in [2.05, 4.69) is 64.6 Å². The number of carbonyl (C=O) groups excluding carboxylic acids is 1. The molecule has 4 aromatic rings. The second-order valence-corrected chi connectivity index (χ2v) is 7.48. The first-order valence-electron chi connectivity index (χ1n) is 10.0. The maximum Gasteiger partial charge on any atom is 0.271 e. The van der Waals surface area contributed by atoms with Crippen LogP contribution in [0.3, 0.4) is 0 Å². The molecule has 0 unspecified atom stereocenters. The van der Waals surface area contributed by atoms with E-state index in [1.54, 1.807) is 24.4 Å². The van der Waals surface area contributed by atoms with Crippen LogP contribution in [0.5, 0.6) is 11.5 Å². The van der Waals surface area contributed by atoms with Crippen molar-refractivity contribution in [1.82, 2.24) is 9.99 Å². The summed E-state index contributed by atoms with van der Waals surface area (Å²) in [7, 11) is 0. The maximum atomic E-state index is 12.4. The molecule has 0 saturated carbocycles. The molecule has 154 valence electrons. The van der Waals surface area contributed by atoms with Crippen molar-refractivity contribution < 1.29 is 14.3 Å². The standard InChI is InChI=1S/C25H21N3O3/c1-17-6-8-18(9-7-17)14-28-15-20(21-4-2-3-5-22(21)28)13-26-27-25(29)19-10-11-23-24(12-19)31-16-30-23/h2-13,15H,14,16H2,1H3,(H,27,29)/b26-13-. The molecule has 0 spiro atoms. The number of amides is 1. The molecule has 0 fully saturated rings. The summed E-state index contributed by atoms with van der Waals surface area (Å²) in [5.41, 5.74) is 7.58. The molecule has 0 saturated heterocycles. The SMILES string of the molecule is Cc1ccc(Cn2cc(/C=N\NC(=O)c3ccc4c(c3)OCO4)c3ccccc32)cc1. The van der Waals surface area contributed by atoms with Crippen LogP contribution < -0.4 is 14.9 Å². The second kappa shape index (κ2) is 7.99. The van der Waals surface area contributed by atoms with E-state index in [0.717, 1.165) is 23.0 Å². The van der Waals surface area contributed by atoms with Crippen molar-refractivity contribution >= 4 is 23.0 Å². The van der Waals surface area contributed by atoms with Gasteiger partial charge >= 0.3 is 0 Å². The number of fused-ring (bicyclic) bond motifs is 2. The van der Waals surface area contributed by atoms with Crippen molar-refractivity contribution in [2.75, 3.05) is 6.79 Å². The predicted molar refractivity (Wildman–Crippen MR) is 120 cm³/mol. The molecular weight excluding hydrogens is 390 g/mol. The van der Waals surface area contributed by atoms with E-state index in [4.69, 9.17) is 9.47 Å². The van der Waals surface area contributed by atoms with Gasteiger partial charge in [-0.2, -0.15) is 5.10 Å². The highest BCUT2D eigenvalue weighted by atomic mass is 16.7. The quantitative estimate of drug-likeness (QED) is 0.389. The fourth-order valence-electron chi connectivity index (χ4n) is 3.66. The summed E-state index contributed by atoms with van der Waals surface area (Å²) in [4.78, 5) is 12.4. The van der Waals surface area contributed by atoms with Gasteiger partial charge in [0.15, 0.2) is 11.5 Å². The number of hydrogen-bond donors (Lipinski definition) is 1. The molecule has 0 radical (unpaired) electrons. The van der Waals surface area contributed by atoms with Gasteiger partial charge < -0.3 is 14.0 Å². The lowest BCUT2D eigenvalue weighted by molar-refractivity contribution is 0.0954. The van der Waals surface area contributed by atoms with Crippen LogP contribution in [0.15, 0.2) is 78.0 Å². The van der Waals surface area contributed by atoms with E-state index >= 15 is 0 Å². The number of para-hydroxylation sites is 1. The smallest absolute Gasteiger partial charge is 0.271 e. The van der Waals surface area contributed by atoms with Crippen LogP contribution in [0.1, 0.15) is 27.0 Å². The van der Waals surface area contributed by atoms with Gasteiger partial charge in [0.25, 0.3) is 5.91 Å². The number of aromatic nitrogens is 1. The molecule has 2 heterocycles. The van der Waals surface area contributed by atoms with Crippen LogP contribution >= 0.6 is 0 Å². The van der Waals surface area contributed by atoms with Gasteiger partial charge in [-0.3, -0.25) is 4.79 Å². The number of rotatable bonds is 5. The number of hydrogen-bond acceptors (Lipinski definition) is 4. The molecule has 1 aliphatic rings. The Balaban J connectivity index is 1.35. The van der Waals surface area contributed by atoms with Gasteiger partial charge in [0.05, 0.1) is 6.21 Å². The molecule has 5 rings (SSSR count). The Morgan fingerprint density at radius 1 is 1.06 bits per heavy atom. The van der Waals surface area contributed by atoms with Crippen molar-refractivity contribution in [1.29, 1.82) is 0 Å². The zero-order valence-corrected chi connectivity index (χ0v) is 17.0. The normalized spacial score (nSPS) is 12.5. The zero-order chi connectivity index (χ0) is 21.2. The largest absolute Gasteiger partial charge is 0.454 e. The van der Waals surface area contributed by atoms with Crippen molar-refractivity contribution in [3.8, 4) is 11.5 Å². The Kier molecular flexibility index (Phi) is 4.88. The molecule has 1 aliphatic heterocycles. The molecule has 3 aromatic carbocycles. The monoisotopic (exact) mass is 411 g/mol. The summed E-state index contributed by atoms with van der Waals surface area (Å²) in [6.45, 7) is 3.02. The molecule has 1 aromatic heterocycles. The molecule has 1 amide bonds. The summed E-state index contributed by atoms with van der Waals surface area (Å²) >= 11 is 0. The fourth-order valence-corrected chi connectivity index (χ4v) is 3.66. The molecule has 31 heavy (non-hydrogen) atoms. The van der Waals surface area contributed by atoms with Crippen LogP contribution in [-0.4, -0.2) is 23.5 Å². The Morgan fingerprint density at radius 2 is 1.87 bits per heavy atom. The van der Waals surface area contributed by atoms with Crippen LogP contribution in [0.25, 0.3) is 10.9 Å². The van der Waals surface area contributed by atoms with E-state index in [0.29, 0.717) is 17.1 Å². The van der Waals surface area contributed by atoms with Crippen LogP contribution in [0.4, 0.5) is 0 Å². The molecule has 0 aliphatic carbocycles. The summed E-state index contributed by atoms with van der Waals surface area (Å²) in [6, 6.07) is 21.8. The van der Waals surface area contributed by atoms with Crippen molar-refractivity contribution in [2.45, 2.75) is 13.5 Å². The third-order valence-corrected chi connectivity index (χ3v) is 5.30. The van der Waals surface area contributed by atoms with Gasteiger partial charge in [-0.15, -0.1) is 0 Å². The second-order valence-electron chi connectivity index (χ2n) is 7.48. The van der Waals surface area contributed by atoms with Crippen molar-refractivity contribution in [3.63, 3.8) is 0 Å². The van der Waals surface area contributed by atoms with Crippen LogP contribution in [-0.2, 0) is 6.54 Å². The predicted octanol–water partition coefficient (Wildman–Crippen LogP) is 4.49. The van der Waals surface area contributed by atoms with E-state index < -0.39 is 0 Å². The van der Waals surface area contributed by atoms with Gasteiger partial charge in [-0.1, -0.05) is 48.0 Å². The highest BCUT2D eigenvalue weighted by Gasteiger charge is 2.16.